The number of methoxy groups -OCH3 is 1. The lowest BCUT2D eigenvalue weighted by Crippen LogP contribution is -2.37. The summed E-state index contributed by atoms with van der Waals surface area (Å²) >= 11 is 0. The molecule has 4 nitrogen and oxygen atoms in total. The summed E-state index contributed by atoms with van der Waals surface area (Å²) in [5.41, 5.74) is 6.77. The van der Waals surface area contributed by atoms with Gasteiger partial charge in [0.1, 0.15) is 0 Å². The average Bonchev–Trinajstić information content (AvgIpc) is 2.52. The lowest BCUT2D eigenvalue weighted by Gasteiger charge is -2.34. The number of nitrogens with zero attached hydrogens (tertiary/aromatic N) is 2. The molecule has 0 bridgehead atoms. The second kappa shape index (κ2) is 8.22. The predicted molar refractivity (Wildman–Crippen MR) is 81.7 cm³/mol. The van der Waals surface area contributed by atoms with Crippen molar-refractivity contribution in [2.24, 2.45) is 5.73 Å². The number of hydrogen-bond acceptors (Lipinski definition) is 4. The van der Waals surface area contributed by atoms with Gasteiger partial charge in [0, 0.05) is 25.2 Å². The lowest BCUT2D eigenvalue weighted by atomic mass is 9.94. The third-order valence-electron chi connectivity index (χ3n) is 4.10. The molecule has 1 aromatic rings. The maximum absolute atomic E-state index is 5.68. The number of hydrogen-bond donors (Lipinski definition) is 1. The van der Waals surface area contributed by atoms with Crippen molar-refractivity contribution in [3.63, 3.8) is 0 Å². The minimum absolute atomic E-state index is 0.698. The van der Waals surface area contributed by atoms with Crippen LogP contribution in [0.5, 0.6) is 5.88 Å². The molecule has 20 heavy (non-hydrogen) atoms. The Labute approximate surface area is 122 Å². The molecule has 0 atom stereocenters. The van der Waals surface area contributed by atoms with E-state index in [1.165, 1.54) is 32.1 Å². The third-order valence-corrected chi connectivity index (χ3v) is 4.10. The summed E-state index contributed by atoms with van der Waals surface area (Å²) in [4.78, 5) is 7.10. The van der Waals surface area contributed by atoms with E-state index in [0.717, 1.165) is 31.7 Å². The van der Waals surface area contributed by atoms with Gasteiger partial charge in [-0.15, -0.1) is 0 Å². The highest BCUT2D eigenvalue weighted by Gasteiger charge is 2.21. The molecular formula is C16H27N3O. The summed E-state index contributed by atoms with van der Waals surface area (Å²) in [5.74, 6) is 0.699. The Balaban J connectivity index is 2.01. The summed E-state index contributed by atoms with van der Waals surface area (Å²) in [6, 6.07) is 6.70. The Bertz CT molecular complexity index is 391. The van der Waals surface area contributed by atoms with E-state index in [-0.39, 0.29) is 0 Å². The molecule has 0 spiro atoms. The molecule has 0 amide bonds. The molecule has 1 aliphatic carbocycles. The van der Waals surface area contributed by atoms with Gasteiger partial charge in [-0.3, -0.25) is 4.90 Å². The van der Waals surface area contributed by atoms with Crippen molar-refractivity contribution in [3.8, 4) is 5.88 Å². The van der Waals surface area contributed by atoms with Gasteiger partial charge in [-0.05, 0) is 31.9 Å². The molecule has 0 aromatic carbocycles. The van der Waals surface area contributed by atoms with Gasteiger partial charge in [0.15, 0.2) is 0 Å². The van der Waals surface area contributed by atoms with Crippen LogP contribution in [0.15, 0.2) is 18.2 Å². The molecule has 2 N–H and O–H groups in total. The van der Waals surface area contributed by atoms with E-state index in [2.05, 4.69) is 16.0 Å². The monoisotopic (exact) mass is 277 g/mol. The van der Waals surface area contributed by atoms with E-state index >= 15 is 0 Å². The van der Waals surface area contributed by atoms with E-state index in [9.17, 15) is 0 Å². The zero-order valence-corrected chi connectivity index (χ0v) is 12.6. The molecule has 1 heterocycles. The molecule has 0 radical (unpaired) electrons. The second-order valence-electron chi connectivity index (χ2n) is 5.58. The molecule has 0 unspecified atom stereocenters. The topological polar surface area (TPSA) is 51.4 Å². The van der Waals surface area contributed by atoms with Crippen molar-refractivity contribution in [2.45, 2.75) is 51.1 Å². The van der Waals surface area contributed by atoms with Crippen molar-refractivity contribution < 1.29 is 4.74 Å². The van der Waals surface area contributed by atoms with Crippen LogP contribution in [0.4, 0.5) is 0 Å². The smallest absolute Gasteiger partial charge is 0.213 e. The van der Waals surface area contributed by atoms with E-state index in [1.54, 1.807) is 7.11 Å². The number of nitrogens with two attached hydrogens (primary N) is 1. The van der Waals surface area contributed by atoms with Gasteiger partial charge in [0.2, 0.25) is 5.88 Å². The summed E-state index contributed by atoms with van der Waals surface area (Å²) in [6.45, 7) is 2.73. The first kappa shape index (κ1) is 15.3. The van der Waals surface area contributed by atoms with Gasteiger partial charge in [-0.1, -0.05) is 25.3 Å². The predicted octanol–water partition coefficient (Wildman–Crippen LogP) is 2.57. The Morgan fingerprint density at radius 3 is 2.80 bits per heavy atom. The first-order chi connectivity index (χ1) is 9.83. The fourth-order valence-corrected chi connectivity index (χ4v) is 3.00. The zero-order valence-electron chi connectivity index (χ0n) is 12.6. The molecule has 0 aliphatic heterocycles. The summed E-state index contributed by atoms with van der Waals surface area (Å²) in [5, 5.41) is 0. The van der Waals surface area contributed by atoms with Gasteiger partial charge >= 0.3 is 0 Å². The Morgan fingerprint density at radius 1 is 1.30 bits per heavy atom. The molecule has 4 heteroatoms. The average molecular weight is 277 g/mol. The highest BCUT2D eigenvalue weighted by atomic mass is 16.5. The second-order valence-corrected chi connectivity index (χ2v) is 5.58. The summed E-state index contributed by atoms with van der Waals surface area (Å²) < 4.78 is 5.21. The molecule has 112 valence electrons. The third kappa shape index (κ3) is 4.46. The Morgan fingerprint density at radius 2 is 2.10 bits per heavy atom. The highest BCUT2D eigenvalue weighted by molar-refractivity contribution is 5.15. The molecule has 2 rings (SSSR count). The quantitative estimate of drug-likeness (QED) is 0.832. The van der Waals surface area contributed by atoms with Crippen LogP contribution in [0.25, 0.3) is 0 Å². The highest BCUT2D eigenvalue weighted by Crippen LogP contribution is 2.24. The molecule has 1 fully saturated rings. The number of ether oxygens (including phenoxy) is 1. The summed E-state index contributed by atoms with van der Waals surface area (Å²) in [7, 11) is 1.67. The van der Waals surface area contributed by atoms with Gasteiger partial charge in [0.05, 0.1) is 12.8 Å². The van der Waals surface area contributed by atoms with Gasteiger partial charge < -0.3 is 10.5 Å². The van der Waals surface area contributed by atoms with E-state index in [4.69, 9.17) is 10.5 Å². The van der Waals surface area contributed by atoms with Gasteiger partial charge in [-0.2, -0.15) is 0 Å². The van der Waals surface area contributed by atoms with Crippen molar-refractivity contribution in [1.82, 2.24) is 9.88 Å². The Hall–Kier alpha value is -1.13. The van der Waals surface area contributed by atoms with Gasteiger partial charge in [0.25, 0.3) is 0 Å². The molecule has 1 aromatic heterocycles. The van der Waals surface area contributed by atoms with Crippen LogP contribution in [0.2, 0.25) is 0 Å². The fourth-order valence-electron chi connectivity index (χ4n) is 3.00. The van der Waals surface area contributed by atoms with Crippen LogP contribution in [0.1, 0.15) is 44.2 Å². The normalized spacial score (nSPS) is 16.6. The summed E-state index contributed by atoms with van der Waals surface area (Å²) in [6.07, 6.45) is 7.78. The zero-order chi connectivity index (χ0) is 14.2. The minimum Gasteiger partial charge on any atom is -0.481 e. The van der Waals surface area contributed by atoms with E-state index in [0.29, 0.717) is 11.9 Å². The van der Waals surface area contributed by atoms with Crippen molar-refractivity contribution in [3.05, 3.63) is 23.9 Å². The lowest BCUT2D eigenvalue weighted by molar-refractivity contribution is 0.145. The van der Waals surface area contributed by atoms with E-state index in [1.807, 2.05) is 12.1 Å². The SMILES string of the molecule is COc1cccc(CN(CCCN)C2CCCCC2)n1. The molecule has 1 aliphatic rings. The van der Waals surface area contributed by atoms with Crippen LogP contribution < -0.4 is 10.5 Å². The largest absolute Gasteiger partial charge is 0.481 e. The first-order valence-corrected chi connectivity index (χ1v) is 7.77. The molecule has 0 saturated heterocycles. The minimum atomic E-state index is 0.698. The molecular weight excluding hydrogens is 250 g/mol. The Kier molecular flexibility index (Phi) is 6.27. The van der Waals surface area contributed by atoms with Crippen LogP contribution in [0, 0.1) is 0 Å². The number of aromatic nitrogens is 1. The van der Waals surface area contributed by atoms with Crippen molar-refractivity contribution in [2.75, 3.05) is 20.2 Å². The number of pyridine rings is 1. The maximum Gasteiger partial charge on any atom is 0.213 e. The maximum atomic E-state index is 5.68. The first-order valence-electron chi connectivity index (χ1n) is 7.77. The van der Waals surface area contributed by atoms with Crippen molar-refractivity contribution in [1.29, 1.82) is 0 Å². The van der Waals surface area contributed by atoms with Crippen LogP contribution in [0.3, 0.4) is 0 Å². The van der Waals surface area contributed by atoms with Crippen LogP contribution in [-0.4, -0.2) is 36.1 Å². The van der Waals surface area contributed by atoms with Crippen LogP contribution in [-0.2, 0) is 6.54 Å². The van der Waals surface area contributed by atoms with Gasteiger partial charge in [-0.25, -0.2) is 4.98 Å². The van der Waals surface area contributed by atoms with Crippen LogP contribution >= 0.6 is 0 Å². The standard InChI is InChI=1S/C16H27N3O/c1-20-16-10-5-7-14(18-16)13-19(12-6-11-17)15-8-3-2-4-9-15/h5,7,10,15H,2-4,6,8-9,11-13,17H2,1H3. The fraction of sp³-hybridized carbons (Fsp3) is 0.688. The molecule has 1 saturated carbocycles. The number of rotatable bonds is 7. The van der Waals surface area contributed by atoms with Crippen molar-refractivity contribution >= 4 is 0 Å². The van der Waals surface area contributed by atoms with E-state index < -0.39 is 0 Å².